The van der Waals surface area contributed by atoms with Crippen molar-refractivity contribution in [1.82, 2.24) is 9.78 Å². The van der Waals surface area contributed by atoms with Crippen LogP contribution in [0.4, 0.5) is 11.5 Å². The van der Waals surface area contributed by atoms with Gasteiger partial charge in [-0.15, -0.1) is 0 Å². The number of benzene rings is 1. The van der Waals surface area contributed by atoms with E-state index in [0.29, 0.717) is 5.82 Å². The Labute approximate surface area is 108 Å². The SMILES string of the molecule is CCN(CC)c1ccccc1-c1cc(N)n(C)n1. The Morgan fingerprint density at radius 2 is 1.89 bits per heavy atom. The van der Waals surface area contributed by atoms with E-state index in [4.69, 9.17) is 5.73 Å². The number of nitrogens with zero attached hydrogens (tertiary/aromatic N) is 3. The van der Waals surface area contributed by atoms with Gasteiger partial charge in [0.1, 0.15) is 5.82 Å². The van der Waals surface area contributed by atoms with Crippen molar-refractivity contribution < 1.29 is 0 Å². The second-order valence-corrected chi connectivity index (χ2v) is 4.27. The van der Waals surface area contributed by atoms with E-state index >= 15 is 0 Å². The predicted molar refractivity (Wildman–Crippen MR) is 76.6 cm³/mol. The van der Waals surface area contributed by atoms with E-state index in [-0.39, 0.29) is 0 Å². The van der Waals surface area contributed by atoms with Crippen LogP contribution in [-0.4, -0.2) is 22.9 Å². The second-order valence-electron chi connectivity index (χ2n) is 4.27. The van der Waals surface area contributed by atoms with E-state index in [2.05, 4.69) is 42.0 Å². The molecule has 0 fully saturated rings. The van der Waals surface area contributed by atoms with E-state index in [1.165, 1.54) is 5.69 Å². The van der Waals surface area contributed by atoms with E-state index in [1.807, 2.05) is 19.2 Å². The van der Waals surface area contributed by atoms with Gasteiger partial charge < -0.3 is 10.6 Å². The van der Waals surface area contributed by atoms with Gasteiger partial charge in [0.05, 0.1) is 5.69 Å². The molecule has 0 saturated carbocycles. The summed E-state index contributed by atoms with van der Waals surface area (Å²) in [6, 6.07) is 10.2. The van der Waals surface area contributed by atoms with Gasteiger partial charge >= 0.3 is 0 Å². The van der Waals surface area contributed by atoms with Crippen LogP contribution >= 0.6 is 0 Å². The Bertz CT molecular complexity index is 507. The van der Waals surface area contributed by atoms with Crippen molar-refractivity contribution in [3.05, 3.63) is 30.3 Å². The number of nitrogen functional groups attached to an aromatic ring is 1. The Balaban J connectivity index is 2.50. The molecule has 2 aromatic rings. The average molecular weight is 244 g/mol. The number of aromatic nitrogens is 2. The van der Waals surface area contributed by atoms with Crippen LogP contribution in [0.25, 0.3) is 11.3 Å². The lowest BCUT2D eigenvalue weighted by Gasteiger charge is -2.23. The van der Waals surface area contributed by atoms with Gasteiger partial charge in [0.15, 0.2) is 0 Å². The van der Waals surface area contributed by atoms with Gasteiger partial charge in [0.25, 0.3) is 0 Å². The molecule has 0 bridgehead atoms. The molecule has 4 heteroatoms. The smallest absolute Gasteiger partial charge is 0.121 e. The maximum Gasteiger partial charge on any atom is 0.121 e. The molecule has 0 saturated heterocycles. The van der Waals surface area contributed by atoms with Crippen LogP contribution in [0.15, 0.2) is 30.3 Å². The zero-order valence-electron chi connectivity index (χ0n) is 11.2. The van der Waals surface area contributed by atoms with Crippen molar-refractivity contribution >= 4 is 11.5 Å². The molecule has 1 aromatic carbocycles. The lowest BCUT2D eigenvalue weighted by molar-refractivity contribution is 0.781. The topological polar surface area (TPSA) is 47.1 Å². The van der Waals surface area contributed by atoms with E-state index in [0.717, 1.165) is 24.3 Å². The quantitative estimate of drug-likeness (QED) is 0.899. The summed E-state index contributed by atoms with van der Waals surface area (Å²) < 4.78 is 1.70. The van der Waals surface area contributed by atoms with Crippen molar-refractivity contribution in [2.24, 2.45) is 7.05 Å². The number of rotatable bonds is 4. The van der Waals surface area contributed by atoms with Gasteiger partial charge in [-0.25, -0.2) is 0 Å². The van der Waals surface area contributed by atoms with Crippen molar-refractivity contribution in [3.8, 4) is 11.3 Å². The van der Waals surface area contributed by atoms with Crippen molar-refractivity contribution in [3.63, 3.8) is 0 Å². The van der Waals surface area contributed by atoms with Crippen LogP contribution in [-0.2, 0) is 7.05 Å². The average Bonchev–Trinajstić information content (AvgIpc) is 2.72. The van der Waals surface area contributed by atoms with Crippen LogP contribution in [0.1, 0.15) is 13.8 Å². The molecule has 0 spiro atoms. The third kappa shape index (κ3) is 2.18. The molecule has 18 heavy (non-hydrogen) atoms. The van der Waals surface area contributed by atoms with Gasteiger partial charge in [-0.2, -0.15) is 5.10 Å². The van der Waals surface area contributed by atoms with Crippen molar-refractivity contribution in [1.29, 1.82) is 0 Å². The maximum atomic E-state index is 5.86. The Morgan fingerprint density at radius 1 is 1.22 bits per heavy atom. The number of anilines is 2. The first kappa shape index (κ1) is 12.5. The number of hydrogen-bond donors (Lipinski definition) is 1. The molecule has 4 nitrogen and oxygen atoms in total. The molecular formula is C14H20N4. The molecule has 0 aliphatic rings. The minimum atomic E-state index is 0.680. The van der Waals surface area contributed by atoms with Gasteiger partial charge in [-0.1, -0.05) is 18.2 Å². The van der Waals surface area contributed by atoms with Crippen LogP contribution in [0.5, 0.6) is 0 Å². The summed E-state index contributed by atoms with van der Waals surface area (Å²) in [5, 5.41) is 4.46. The summed E-state index contributed by atoms with van der Waals surface area (Å²) in [7, 11) is 1.86. The summed E-state index contributed by atoms with van der Waals surface area (Å²) in [4.78, 5) is 2.32. The highest BCUT2D eigenvalue weighted by Gasteiger charge is 2.12. The fraction of sp³-hybridized carbons (Fsp3) is 0.357. The Hall–Kier alpha value is -1.97. The van der Waals surface area contributed by atoms with E-state index in [1.54, 1.807) is 4.68 Å². The summed E-state index contributed by atoms with van der Waals surface area (Å²) in [6.45, 7) is 6.28. The molecule has 1 aromatic heterocycles. The number of para-hydroxylation sites is 1. The standard InChI is InChI=1S/C14H20N4/c1-4-18(5-2)13-9-7-6-8-11(13)12-10-14(15)17(3)16-12/h6-10H,4-5,15H2,1-3H3. The molecule has 0 radical (unpaired) electrons. The van der Waals surface area contributed by atoms with Crippen LogP contribution < -0.4 is 10.6 Å². The lowest BCUT2D eigenvalue weighted by atomic mass is 10.1. The molecule has 96 valence electrons. The highest BCUT2D eigenvalue weighted by atomic mass is 15.3. The van der Waals surface area contributed by atoms with Crippen molar-refractivity contribution in [2.75, 3.05) is 23.7 Å². The predicted octanol–water partition coefficient (Wildman–Crippen LogP) is 2.52. The first-order chi connectivity index (χ1) is 8.67. The van der Waals surface area contributed by atoms with Gasteiger partial charge in [0, 0.05) is 37.5 Å². The van der Waals surface area contributed by atoms with Gasteiger partial charge in [-0.3, -0.25) is 4.68 Å². The molecule has 0 aliphatic heterocycles. The third-order valence-electron chi connectivity index (χ3n) is 3.20. The first-order valence-corrected chi connectivity index (χ1v) is 6.31. The largest absolute Gasteiger partial charge is 0.384 e. The molecular weight excluding hydrogens is 224 g/mol. The summed E-state index contributed by atoms with van der Waals surface area (Å²) in [5.74, 6) is 0.680. The molecule has 1 heterocycles. The summed E-state index contributed by atoms with van der Waals surface area (Å²) in [6.07, 6.45) is 0. The monoisotopic (exact) mass is 244 g/mol. The highest BCUT2D eigenvalue weighted by molar-refractivity contribution is 5.77. The summed E-state index contributed by atoms with van der Waals surface area (Å²) in [5.41, 5.74) is 9.13. The van der Waals surface area contributed by atoms with Gasteiger partial charge in [-0.05, 0) is 19.9 Å². The molecule has 0 amide bonds. The van der Waals surface area contributed by atoms with Crippen LogP contribution in [0, 0.1) is 0 Å². The Kier molecular flexibility index (Phi) is 3.55. The minimum absolute atomic E-state index is 0.680. The molecule has 2 rings (SSSR count). The molecule has 2 N–H and O–H groups in total. The van der Waals surface area contributed by atoms with Crippen LogP contribution in [0.2, 0.25) is 0 Å². The molecule has 0 unspecified atom stereocenters. The zero-order chi connectivity index (χ0) is 13.1. The fourth-order valence-corrected chi connectivity index (χ4v) is 2.14. The zero-order valence-corrected chi connectivity index (χ0v) is 11.2. The van der Waals surface area contributed by atoms with Gasteiger partial charge in [0.2, 0.25) is 0 Å². The third-order valence-corrected chi connectivity index (χ3v) is 3.20. The normalized spacial score (nSPS) is 10.6. The van der Waals surface area contributed by atoms with E-state index in [9.17, 15) is 0 Å². The number of hydrogen-bond acceptors (Lipinski definition) is 3. The fourth-order valence-electron chi connectivity index (χ4n) is 2.14. The maximum absolute atomic E-state index is 5.86. The first-order valence-electron chi connectivity index (χ1n) is 6.31. The Morgan fingerprint density at radius 3 is 2.44 bits per heavy atom. The number of nitrogens with two attached hydrogens (primary N) is 1. The molecule has 0 aliphatic carbocycles. The lowest BCUT2D eigenvalue weighted by Crippen LogP contribution is -2.22. The molecule has 0 atom stereocenters. The minimum Gasteiger partial charge on any atom is -0.384 e. The second kappa shape index (κ2) is 5.12. The number of aryl methyl sites for hydroxylation is 1. The highest BCUT2D eigenvalue weighted by Crippen LogP contribution is 2.30. The van der Waals surface area contributed by atoms with Crippen LogP contribution in [0.3, 0.4) is 0 Å². The van der Waals surface area contributed by atoms with E-state index < -0.39 is 0 Å². The van der Waals surface area contributed by atoms with Crippen molar-refractivity contribution in [2.45, 2.75) is 13.8 Å². The summed E-state index contributed by atoms with van der Waals surface area (Å²) >= 11 is 0.